The molecule has 2 aromatic heterocycles. The number of nitrogens with zero attached hydrogens (tertiary/aromatic N) is 5. The monoisotopic (exact) mass is 329 g/mol. The molecule has 1 atom stereocenters. The molecule has 128 valence electrons. The summed E-state index contributed by atoms with van der Waals surface area (Å²) in [6.07, 6.45) is 4.85. The maximum Gasteiger partial charge on any atom is 0.257 e. The summed E-state index contributed by atoms with van der Waals surface area (Å²) in [5.41, 5.74) is 2.12. The summed E-state index contributed by atoms with van der Waals surface area (Å²) in [4.78, 5) is 21.1. The first kappa shape index (κ1) is 16.6. The minimum Gasteiger partial charge on any atom is -0.392 e. The van der Waals surface area contributed by atoms with Crippen molar-refractivity contribution in [3.05, 3.63) is 36.3 Å². The predicted octanol–water partition coefficient (Wildman–Crippen LogP) is 0.621. The highest BCUT2D eigenvalue weighted by atomic mass is 16.3. The van der Waals surface area contributed by atoms with Crippen molar-refractivity contribution in [3.63, 3.8) is 0 Å². The van der Waals surface area contributed by atoms with E-state index >= 15 is 0 Å². The lowest BCUT2D eigenvalue weighted by molar-refractivity contribution is 0.0554. The molecule has 2 aromatic rings. The Kier molecular flexibility index (Phi) is 4.92. The van der Waals surface area contributed by atoms with E-state index < -0.39 is 0 Å². The van der Waals surface area contributed by atoms with Gasteiger partial charge in [0.25, 0.3) is 5.91 Å². The number of β-amino-alcohol motifs (C(OH)–C–C–N with tert-alkyl or cyclic N) is 1. The van der Waals surface area contributed by atoms with Gasteiger partial charge in [0.15, 0.2) is 0 Å². The van der Waals surface area contributed by atoms with Crippen LogP contribution in [0.5, 0.6) is 0 Å². The third kappa shape index (κ3) is 3.63. The van der Waals surface area contributed by atoms with Gasteiger partial charge in [0.1, 0.15) is 5.69 Å². The maximum atomic E-state index is 12.9. The van der Waals surface area contributed by atoms with Crippen LogP contribution in [0.2, 0.25) is 0 Å². The number of hydrogen-bond donors (Lipinski definition) is 1. The Labute approximate surface area is 141 Å². The van der Waals surface area contributed by atoms with Crippen LogP contribution >= 0.6 is 0 Å². The van der Waals surface area contributed by atoms with E-state index in [1.54, 1.807) is 30.2 Å². The summed E-state index contributed by atoms with van der Waals surface area (Å²) < 4.78 is 1.67. The van der Waals surface area contributed by atoms with Gasteiger partial charge in [-0.2, -0.15) is 5.10 Å². The lowest BCUT2D eigenvalue weighted by Gasteiger charge is -2.35. The Hall–Kier alpha value is -2.25. The number of rotatable bonds is 4. The number of aliphatic hydroxyl groups is 1. The lowest BCUT2D eigenvalue weighted by Crippen LogP contribution is -2.50. The molecular formula is C17H23N5O2. The van der Waals surface area contributed by atoms with Gasteiger partial charge < -0.3 is 10.0 Å². The normalized spacial score (nSPS) is 17.0. The third-order valence-corrected chi connectivity index (χ3v) is 4.18. The number of aromatic nitrogens is 3. The standard InChI is InChI=1S/C17H23N5O2/c1-13(23)11-21-6-8-22(9-7-21)17(24)15-12-20(2)19-16(15)14-4-3-5-18-10-14/h3-5,10,12-13,23H,6-9,11H2,1-2H3/t13-/m1/s1. The van der Waals surface area contributed by atoms with Crippen molar-refractivity contribution < 1.29 is 9.90 Å². The van der Waals surface area contributed by atoms with Gasteiger partial charge in [-0.15, -0.1) is 0 Å². The summed E-state index contributed by atoms with van der Waals surface area (Å²) in [7, 11) is 1.82. The van der Waals surface area contributed by atoms with Gasteiger partial charge in [0, 0.05) is 63.9 Å². The van der Waals surface area contributed by atoms with Crippen LogP contribution < -0.4 is 0 Å². The molecule has 7 nitrogen and oxygen atoms in total. The molecule has 1 fully saturated rings. The van der Waals surface area contributed by atoms with Crippen molar-refractivity contribution in [2.45, 2.75) is 13.0 Å². The van der Waals surface area contributed by atoms with Crippen LogP contribution in [0.25, 0.3) is 11.3 Å². The summed E-state index contributed by atoms with van der Waals surface area (Å²) in [5, 5.41) is 13.9. The van der Waals surface area contributed by atoms with Crippen LogP contribution in [0.15, 0.2) is 30.7 Å². The van der Waals surface area contributed by atoms with E-state index in [0.29, 0.717) is 30.9 Å². The molecule has 3 heterocycles. The molecule has 0 unspecified atom stereocenters. The molecule has 3 rings (SSSR count). The molecular weight excluding hydrogens is 306 g/mol. The molecule has 1 N–H and O–H groups in total. The van der Waals surface area contributed by atoms with Crippen LogP contribution in [-0.2, 0) is 7.05 Å². The van der Waals surface area contributed by atoms with E-state index in [4.69, 9.17) is 0 Å². The Balaban J connectivity index is 1.75. The average Bonchev–Trinajstić information content (AvgIpc) is 2.97. The highest BCUT2D eigenvalue weighted by Crippen LogP contribution is 2.22. The van der Waals surface area contributed by atoms with Gasteiger partial charge in [0.2, 0.25) is 0 Å². The average molecular weight is 329 g/mol. The largest absolute Gasteiger partial charge is 0.392 e. The number of piperazine rings is 1. The second-order valence-corrected chi connectivity index (χ2v) is 6.25. The van der Waals surface area contributed by atoms with Crippen molar-refractivity contribution in [3.8, 4) is 11.3 Å². The number of aliphatic hydroxyl groups excluding tert-OH is 1. The zero-order valence-electron chi connectivity index (χ0n) is 14.1. The van der Waals surface area contributed by atoms with Crippen molar-refractivity contribution in [2.75, 3.05) is 32.7 Å². The van der Waals surface area contributed by atoms with Crippen molar-refractivity contribution >= 4 is 5.91 Å². The maximum absolute atomic E-state index is 12.9. The second-order valence-electron chi connectivity index (χ2n) is 6.25. The smallest absolute Gasteiger partial charge is 0.257 e. The Morgan fingerprint density at radius 3 is 2.71 bits per heavy atom. The zero-order chi connectivity index (χ0) is 17.1. The van der Waals surface area contributed by atoms with Crippen LogP contribution in [0, 0.1) is 0 Å². The fourth-order valence-corrected chi connectivity index (χ4v) is 3.04. The summed E-state index contributed by atoms with van der Waals surface area (Å²) >= 11 is 0. The van der Waals surface area contributed by atoms with E-state index in [1.807, 2.05) is 24.1 Å². The van der Waals surface area contributed by atoms with Gasteiger partial charge in [-0.3, -0.25) is 19.4 Å². The minimum atomic E-state index is -0.345. The topological polar surface area (TPSA) is 74.5 Å². The Morgan fingerprint density at radius 1 is 1.33 bits per heavy atom. The first-order valence-electron chi connectivity index (χ1n) is 8.18. The predicted molar refractivity (Wildman–Crippen MR) is 90.5 cm³/mol. The molecule has 24 heavy (non-hydrogen) atoms. The quantitative estimate of drug-likeness (QED) is 0.890. The molecule has 0 aromatic carbocycles. The van der Waals surface area contributed by atoms with Crippen molar-refractivity contribution in [2.24, 2.45) is 7.05 Å². The first-order valence-corrected chi connectivity index (χ1v) is 8.18. The molecule has 1 aliphatic heterocycles. The van der Waals surface area contributed by atoms with Gasteiger partial charge in [-0.05, 0) is 19.1 Å². The molecule has 0 saturated carbocycles. The number of hydrogen-bond acceptors (Lipinski definition) is 5. The highest BCUT2D eigenvalue weighted by Gasteiger charge is 2.26. The Morgan fingerprint density at radius 2 is 2.08 bits per heavy atom. The first-order chi connectivity index (χ1) is 11.5. The van der Waals surface area contributed by atoms with Crippen molar-refractivity contribution in [1.29, 1.82) is 0 Å². The summed E-state index contributed by atoms with van der Waals surface area (Å²) in [5.74, 6) is -0.00125. The second kappa shape index (κ2) is 7.11. The molecule has 1 amide bonds. The molecule has 0 aliphatic carbocycles. The van der Waals surface area contributed by atoms with E-state index in [9.17, 15) is 9.90 Å². The van der Waals surface area contributed by atoms with Crippen LogP contribution in [-0.4, -0.2) is 74.4 Å². The molecule has 1 aliphatic rings. The summed E-state index contributed by atoms with van der Waals surface area (Å²) in [6.45, 7) is 5.31. The molecule has 7 heteroatoms. The number of carbonyl (C=O) groups excluding carboxylic acids is 1. The van der Waals surface area contributed by atoms with Crippen LogP contribution in [0.3, 0.4) is 0 Å². The van der Waals surface area contributed by atoms with E-state index in [-0.39, 0.29) is 12.0 Å². The number of carbonyl (C=O) groups is 1. The van der Waals surface area contributed by atoms with Gasteiger partial charge in [0.05, 0.1) is 11.7 Å². The minimum absolute atomic E-state index is 0.00125. The Bertz CT molecular complexity index is 690. The number of pyridine rings is 1. The lowest BCUT2D eigenvalue weighted by atomic mass is 10.1. The van der Waals surface area contributed by atoms with Crippen LogP contribution in [0.1, 0.15) is 17.3 Å². The highest BCUT2D eigenvalue weighted by molar-refractivity contribution is 5.99. The van der Waals surface area contributed by atoms with Crippen LogP contribution in [0.4, 0.5) is 0 Å². The SMILES string of the molecule is C[C@@H](O)CN1CCN(C(=O)c2cn(C)nc2-c2cccnc2)CC1. The van der Waals surface area contributed by atoms with Crippen molar-refractivity contribution in [1.82, 2.24) is 24.6 Å². The molecule has 0 radical (unpaired) electrons. The molecule has 0 bridgehead atoms. The molecule has 0 spiro atoms. The number of aryl methyl sites for hydroxylation is 1. The van der Waals surface area contributed by atoms with Gasteiger partial charge in [-0.25, -0.2) is 0 Å². The van der Waals surface area contributed by atoms with E-state index in [2.05, 4.69) is 15.0 Å². The third-order valence-electron chi connectivity index (χ3n) is 4.18. The van der Waals surface area contributed by atoms with E-state index in [1.165, 1.54) is 0 Å². The van der Waals surface area contributed by atoms with Gasteiger partial charge in [-0.1, -0.05) is 0 Å². The summed E-state index contributed by atoms with van der Waals surface area (Å²) in [6, 6.07) is 3.75. The fraction of sp³-hybridized carbons (Fsp3) is 0.471. The number of amides is 1. The fourth-order valence-electron chi connectivity index (χ4n) is 3.04. The van der Waals surface area contributed by atoms with E-state index in [0.717, 1.165) is 18.7 Å². The molecule has 1 saturated heterocycles. The zero-order valence-corrected chi connectivity index (χ0v) is 14.1. The van der Waals surface area contributed by atoms with Gasteiger partial charge >= 0.3 is 0 Å².